The third kappa shape index (κ3) is 2.28. The van der Waals surface area contributed by atoms with Crippen LogP contribution in [0.15, 0.2) is 10.7 Å². The largest absolute Gasteiger partial charge is 0.464 e. The minimum atomic E-state index is -0.471. The molecular weight excluding hydrogens is 240 g/mol. The topological polar surface area (TPSA) is 53.4 Å². The van der Waals surface area contributed by atoms with Gasteiger partial charge in [-0.2, -0.15) is 5.10 Å². The molecule has 0 unspecified atom stereocenters. The molecule has 13 heavy (non-hydrogen) atoms. The number of hydrogen-bond acceptors (Lipinski definition) is 4. The molecule has 0 fully saturated rings. The van der Waals surface area contributed by atoms with Gasteiger partial charge in [-0.3, -0.25) is 0 Å². The van der Waals surface area contributed by atoms with Crippen molar-refractivity contribution in [2.75, 3.05) is 14.2 Å². The molecule has 0 saturated heterocycles. The van der Waals surface area contributed by atoms with Crippen LogP contribution >= 0.6 is 15.9 Å². The smallest absolute Gasteiger partial charge is 0.359 e. The quantitative estimate of drug-likeness (QED) is 0.751. The van der Waals surface area contributed by atoms with E-state index in [1.54, 1.807) is 13.3 Å². The SMILES string of the molecule is COCn1cc(Br)c(C(=O)OC)n1. The highest BCUT2D eigenvalue weighted by Crippen LogP contribution is 2.15. The summed E-state index contributed by atoms with van der Waals surface area (Å²) in [5, 5.41) is 3.94. The second kappa shape index (κ2) is 4.38. The molecule has 0 bridgehead atoms. The first-order valence-electron chi connectivity index (χ1n) is 3.49. The van der Waals surface area contributed by atoms with Crippen molar-refractivity contribution in [2.45, 2.75) is 6.73 Å². The summed E-state index contributed by atoms with van der Waals surface area (Å²) in [6.45, 7) is 0.301. The van der Waals surface area contributed by atoms with Crippen LogP contribution < -0.4 is 0 Å². The molecule has 0 atom stereocenters. The van der Waals surface area contributed by atoms with E-state index in [9.17, 15) is 4.79 Å². The van der Waals surface area contributed by atoms with Crippen LogP contribution in [0.1, 0.15) is 10.5 Å². The Morgan fingerprint density at radius 3 is 2.92 bits per heavy atom. The third-order valence-electron chi connectivity index (χ3n) is 1.36. The lowest BCUT2D eigenvalue weighted by Gasteiger charge is -1.96. The maximum Gasteiger partial charge on any atom is 0.359 e. The fourth-order valence-corrected chi connectivity index (χ4v) is 1.31. The molecule has 0 spiro atoms. The number of hydrogen-bond donors (Lipinski definition) is 0. The Labute approximate surface area is 83.8 Å². The molecule has 0 aromatic carbocycles. The number of nitrogens with zero attached hydrogens (tertiary/aromatic N) is 2. The number of ether oxygens (including phenoxy) is 2. The van der Waals surface area contributed by atoms with E-state index >= 15 is 0 Å². The number of rotatable bonds is 3. The van der Waals surface area contributed by atoms with Gasteiger partial charge < -0.3 is 9.47 Å². The number of carbonyl (C=O) groups is 1. The van der Waals surface area contributed by atoms with E-state index in [0.29, 0.717) is 11.2 Å². The van der Waals surface area contributed by atoms with Gasteiger partial charge in [-0.15, -0.1) is 0 Å². The Bertz CT molecular complexity index is 311. The molecule has 1 heterocycles. The minimum Gasteiger partial charge on any atom is -0.464 e. The van der Waals surface area contributed by atoms with Gasteiger partial charge in [-0.05, 0) is 15.9 Å². The Balaban J connectivity index is 2.89. The maximum atomic E-state index is 11.1. The Kier molecular flexibility index (Phi) is 3.44. The highest BCUT2D eigenvalue weighted by molar-refractivity contribution is 9.10. The molecule has 6 heteroatoms. The van der Waals surface area contributed by atoms with Crippen LogP contribution in [0.4, 0.5) is 0 Å². The molecule has 72 valence electrons. The average Bonchev–Trinajstić information content (AvgIpc) is 2.46. The fraction of sp³-hybridized carbons (Fsp3) is 0.429. The van der Waals surface area contributed by atoms with E-state index in [2.05, 4.69) is 25.8 Å². The van der Waals surface area contributed by atoms with Gasteiger partial charge in [0.1, 0.15) is 6.73 Å². The van der Waals surface area contributed by atoms with Gasteiger partial charge in [0.25, 0.3) is 0 Å². The van der Waals surface area contributed by atoms with Crippen molar-refractivity contribution in [3.8, 4) is 0 Å². The van der Waals surface area contributed by atoms with Crippen molar-refractivity contribution in [1.29, 1.82) is 0 Å². The van der Waals surface area contributed by atoms with Crippen LogP contribution in [0.3, 0.4) is 0 Å². The van der Waals surface area contributed by atoms with Crippen molar-refractivity contribution < 1.29 is 14.3 Å². The van der Waals surface area contributed by atoms with E-state index < -0.39 is 5.97 Å². The van der Waals surface area contributed by atoms with Crippen LogP contribution in [-0.4, -0.2) is 30.0 Å². The lowest BCUT2D eigenvalue weighted by Crippen LogP contribution is -2.06. The summed E-state index contributed by atoms with van der Waals surface area (Å²) >= 11 is 3.19. The molecule has 0 radical (unpaired) electrons. The zero-order valence-electron chi connectivity index (χ0n) is 7.28. The molecule has 0 amide bonds. The summed E-state index contributed by atoms with van der Waals surface area (Å²) in [7, 11) is 2.86. The first-order valence-corrected chi connectivity index (χ1v) is 4.28. The molecule has 0 aliphatic heterocycles. The van der Waals surface area contributed by atoms with E-state index in [4.69, 9.17) is 4.74 Å². The van der Waals surface area contributed by atoms with Gasteiger partial charge in [0.05, 0.1) is 11.6 Å². The van der Waals surface area contributed by atoms with Crippen LogP contribution in [-0.2, 0) is 16.2 Å². The summed E-state index contributed by atoms with van der Waals surface area (Å²) in [5.74, 6) is -0.471. The average molecular weight is 249 g/mol. The second-order valence-electron chi connectivity index (χ2n) is 2.27. The molecule has 0 N–H and O–H groups in total. The van der Waals surface area contributed by atoms with Crippen molar-refractivity contribution >= 4 is 21.9 Å². The number of halogens is 1. The van der Waals surface area contributed by atoms with Gasteiger partial charge in [-0.1, -0.05) is 0 Å². The number of aromatic nitrogens is 2. The monoisotopic (exact) mass is 248 g/mol. The lowest BCUT2D eigenvalue weighted by molar-refractivity contribution is 0.0588. The molecule has 0 aliphatic carbocycles. The highest BCUT2D eigenvalue weighted by atomic mass is 79.9. The molecule has 1 rings (SSSR count). The van der Waals surface area contributed by atoms with Crippen molar-refractivity contribution in [1.82, 2.24) is 9.78 Å². The van der Waals surface area contributed by atoms with Crippen LogP contribution in [0, 0.1) is 0 Å². The molecule has 0 saturated carbocycles. The zero-order valence-corrected chi connectivity index (χ0v) is 8.87. The number of carbonyl (C=O) groups excluding carboxylic acids is 1. The van der Waals surface area contributed by atoms with Gasteiger partial charge >= 0.3 is 5.97 Å². The van der Waals surface area contributed by atoms with E-state index in [0.717, 1.165) is 0 Å². The fourth-order valence-electron chi connectivity index (χ4n) is 0.830. The lowest BCUT2D eigenvalue weighted by atomic mass is 10.4. The van der Waals surface area contributed by atoms with Gasteiger partial charge in [-0.25, -0.2) is 9.48 Å². The van der Waals surface area contributed by atoms with Gasteiger partial charge in [0, 0.05) is 13.3 Å². The summed E-state index contributed by atoms with van der Waals surface area (Å²) in [5.41, 5.74) is 0.250. The van der Waals surface area contributed by atoms with Crippen molar-refractivity contribution in [3.63, 3.8) is 0 Å². The number of methoxy groups -OCH3 is 2. The van der Waals surface area contributed by atoms with Crippen molar-refractivity contribution in [2.24, 2.45) is 0 Å². The summed E-state index contributed by atoms with van der Waals surface area (Å²) in [6.07, 6.45) is 1.65. The Morgan fingerprint density at radius 2 is 2.38 bits per heavy atom. The molecule has 5 nitrogen and oxygen atoms in total. The van der Waals surface area contributed by atoms with Crippen molar-refractivity contribution in [3.05, 3.63) is 16.4 Å². The second-order valence-corrected chi connectivity index (χ2v) is 3.13. The summed E-state index contributed by atoms with van der Waals surface area (Å²) in [6, 6.07) is 0. The van der Waals surface area contributed by atoms with Crippen LogP contribution in [0.25, 0.3) is 0 Å². The first kappa shape index (κ1) is 10.2. The van der Waals surface area contributed by atoms with Crippen LogP contribution in [0.2, 0.25) is 0 Å². The van der Waals surface area contributed by atoms with Crippen LogP contribution in [0.5, 0.6) is 0 Å². The molecular formula is C7H9BrN2O3. The van der Waals surface area contributed by atoms with Gasteiger partial charge in [0.15, 0.2) is 5.69 Å². The molecule has 1 aromatic rings. The maximum absolute atomic E-state index is 11.1. The summed E-state index contributed by atoms with van der Waals surface area (Å²) < 4.78 is 11.5. The molecule has 0 aliphatic rings. The first-order chi connectivity index (χ1) is 6.19. The van der Waals surface area contributed by atoms with E-state index in [-0.39, 0.29) is 5.69 Å². The Morgan fingerprint density at radius 1 is 1.69 bits per heavy atom. The van der Waals surface area contributed by atoms with E-state index in [1.807, 2.05) is 0 Å². The molecule has 1 aromatic heterocycles. The summed E-state index contributed by atoms with van der Waals surface area (Å²) in [4.78, 5) is 11.1. The zero-order chi connectivity index (χ0) is 9.84. The third-order valence-corrected chi connectivity index (χ3v) is 1.94. The predicted molar refractivity (Wildman–Crippen MR) is 48.3 cm³/mol. The standard InChI is InChI=1S/C7H9BrN2O3/c1-12-4-10-3-5(8)6(9-10)7(11)13-2/h3H,4H2,1-2H3. The highest BCUT2D eigenvalue weighted by Gasteiger charge is 2.14. The predicted octanol–water partition coefficient (Wildman–Crippen LogP) is 1.04. The number of esters is 1. The Hall–Kier alpha value is -0.880. The van der Waals surface area contributed by atoms with Gasteiger partial charge in [0.2, 0.25) is 0 Å². The minimum absolute atomic E-state index is 0.250. The normalized spacial score (nSPS) is 10.1. The van der Waals surface area contributed by atoms with E-state index in [1.165, 1.54) is 11.8 Å².